The number of ether oxygens (including phenoxy) is 4. The molecule has 6 saturated carbocycles. The van der Waals surface area contributed by atoms with E-state index in [-0.39, 0.29) is 70.1 Å². The molecule has 0 radical (unpaired) electrons. The zero-order valence-corrected chi connectivity index (χ0v) is 42.8. The van der Waals surface area contributed by atoms with Crippen molar-refractivity contribution in [2.24, 2.45) is 45.3 Å². The summed E-state index contributed by atoms with van der Waals surface area (Å²) in [4.78, 5) is 51.0. The summed E-state index contributed by atoms with van der Waals surface area (Å²) in [6.07, 6.45) is -7.73. The molecule has 1 aromatic carbocycles. The molecule has 2 N–H and O–H groups in total. The highest BCUT2D eigenvalue weighted by Gasteiger charge is 2.82. The lowest BCUT2D eigenvalue weighted by Gasteiger charge is -2.63. The topological polar surface area (TPSA) is 146 Å². The monoisotopic (exact) mass is 1120 g/mol. The second-order valence-corrected chi connectivity index (χ2v) is 24.8. The molecule has 10 aliphatic rings. The SMILES string of the molecule is C.C.CC1(C)O[C@@H]2C[C@H]3[C@@H]4C[C@H](F)C5=CC(=O)C=C[C@]5(C)[C@@]4(F)[C@@H](O)C[C@]3(C)[C@]2(C(=O)SCF)O1.C[C@]12C=CC(=O)C=C1[C@@H](F)C[C@H]1[C@@H]3C[C@H]4OC(c5ccc(C(F)(F)F)cc5)O[C@@]4(C(=O)SCF)[C@@]3(C)C[C@H](O)[C@@]12F. The van der Waals surface area contributed by atoms with Crippen LogP contribution in [0.5, 0.6) is 0 Å². The van der Waals surface area contributed by atoms with Crippen molar-refractivity contribution < 1.29 is 87.9 Å². The Kier molecular flexibility index (Phi) is 14.6. The van der Waals surface area contributed by atoms with Crippen LogP contribution in [0.2, 0.25) is 0 Å². The summed E-state index contributed by atoms with van der Waals surface area (Å²) < 4.78 is 157. The number of fused-ring (bicyclic) bond motifs is 14. The van der Waals surface area contributed by atoms with Crippen LogP contribution < -0.4 is 0 Å². The summed E-state index contributed by atoms with van der Waals surface area (Å²) in [7, 11) is 0. The predicted octanol–water partition coefficient (Wildman–Crippen LogP) is 11.2. The number of rotatable bonds is 5. The van der Waals surface area contributed by atoms with Gasteiger partial charge in [0.25, 0.3) is 0 Å². The number of carbonyl (C=O) groups is 4. The fourth-order valence-corrected chi connectivity index (χ4v) is 17.7. The predicted molar refractivity (Wildman–Crippen MR) is 264 cm³/mol. The average Bonchev–Trinajstić information content (AvgIpc) is 3.99. The Morgan fingerprint density at radius 2 is 1.09 bits per heavy atom. The molecule has 10 nitrogen and oxygen atoms in total. The first-order valence-corrected chi connectivity index (χ1v) is 26.6. The summed E-state index contributed by atoms with van der Waals surface area (Å²) >= 11 is 0.815. The summed E-state index contributed by atoms with van der Waals surface area (Å²) in [5, 5.41) is 21.6. The fourth-order valence-electron chi connectivity index (χ4n) is 16.2. The molecule has 21 heteroatoms. The molecule has 0 aromatic heterocycles. The van der Waals surface area contributed by atoms with Crippen LogP contribution in [0.3, 0.4) is 0 Å². The minimum absolute atomic E-state index is 0. The van der Waals surface area contributed by atoms with E-state index in [1.807, 2.05) is 0 Å². The number of hydrogen-bond acceptors (Lipinski definition) is 12. The van der Waals surface area contributed by atoms with Gasteiger partial charge < -0.3 is 29.2 Å². The van der Waals surface area contributed by atoms with Gasteiger partial charge in [-0.25, -0.2) is 26.3 Å². The molecule has 2 heterocycles. The molecule has 76 heavy (non-hydrogen) atoms. The van der Waals surface area contributed by atoms with Gasteiger partial charge in [-0.2, -0.15) is 13.2 Å². The normalized spacial score (nSPS) is 46.8. The Hall–Kier alpha value is -3.31. The third kappa shape index (κ3) is 7.59. The second-order valence-electron chi connectivity index (χ2n) is 23.0. The van der Waals surface area contributed by atoms with Gasteiger partial charge >= 0.3 is 6.18 Å². The van der Waals surface area contributed by atoms with Crippen molar-refractivity contribution >= 4 is 45.3 Å². The van der Waals surface area contributed by atoms with E-state index in [0.29, 0.717) is 23.5 Å². The number of ketones is 2. The van der Waals surface area contributed by atoms with E-state index in [1.165, 1.54) is 32.1 Å². The number of halogens is 9. The van der Waals surface area contributed by atoms with E-state index < -0.39 is 162 Å². The molecular weight excluding hydrogens is 1060 g/mol. The maximum atomic E-state index is 17.4. The molecule has 8 fully saturated rings. The van der Waals surface area contributed by atoms with Gasteiger partial charge in [0, 0.05) is 39.1 Å². The van der Waals surface area contributed by atoms with Gasteiger partial charge in [-0.05, 0) is 126 Å². The summed E-state index contributed by atoms with van der Waals surface area (Å²) in [6, 6.07) is 1.98. The highest BCUT2D eigenvalue weighted by Crippen LogP contribution is 2.75. The molecule has 2 aliphatic heterocycles. The first-order chi connectivity index (χ1) is 34.4. The van der Waals surface area contributed by atoms with Crippen molar-refractivity contribution in [3.63, 3.8) is 0 Å². The Bertz CT molecular complexity index is 2680. The second kappa shape index (κ2) is 18.9. The van der Waals surface area contributed by atoms with Gasteiger partial charge in [0.1, 0.15) is 24.4 Å². The Morgan fingerprint density at radius 1 is 0.658 bits per heavy atom. The van der Waals surface area contributed by atoms with Crippen LogP contribution >= 0.6 is 23.5 Å². The zero-order valence-electron chi connectivity index (χ0n) is 41.2. The van der Waals surface area contributed by atoms with E-state index in [0.717, 1.165) is 42.5 Å². The molecule has 11 rings (SSSR count). The lowest BCUT2D eigenvalue weighted by molar-refractivity contribution is -0.246. The van der Waals surface area contributed by atoms with Crippen LogP contribution in [0.15, 0.2) is 71.9 Å². The highest BCUT2D eigenvalue weighted by molar-refractivity contribution is 8.14. The molecule has 1 unspecified atom stereocenters. The van der Waals surface area contributed by atoms with Crippen molar-refractivity contribution in [2.75, 3.05) is 12.0 Å². The van der Waals surface area contributed by atoms with Crippen LogP contribution in [0.1, 0.15) is 112 Å². The van der Waals surface area contributed by atoms with Crippen molar-refractivity contribution in [3.05, 3.63) is 83.0 Å². The summed E-state index contributed by atoms with van der Waals surface area (Å²) in [5.74, 6) is -5.38. The van der Waals surface area contributed by atoms with Gasteiger partial charge in [-0.3, -0.25) is 19.2 Å². The fraction of sp³-hybridized carbons (Fsp3) is 0.673. The van der Waals surface area contributed by atoms with Gasteiger partial charge in [0.15, 0.2) is 46.2 Å². The lowest BCUT2D eigenvalue weighted by atomic mass is 9.44. The quantitative estimate of drug-likeness (QED) is 0.271. The maximum absolute atomic E-state index is 17.4. The van der Waals surface area contributed by atoms with E-state index in [4.69, 9.17) is 18.9 Å². The van der Waals surface area contributed by atoms with Crippen molar-refractivity contribution in [1.29, 1.82) is 0 Å². The summed E-state index contributed by atoms with van der Waals surface area (Å²) in [6.45, 7) is 9.68. The van der Waals surface area contributed by atoms with Gasteiger partial charge in [0.2, 0.25) is 10.2 Å². The minimum atomic E-state index is -4.57. The van der Waals surface area contributed by atoms with Crippen LogP contribution in [0, 0.1) is 45.3 Å². The molecule has 0 spiro atoms. The molecule has 2 saturated heterocycles. The van der Waals surface area contributed by atoms with Crippen LogP contribution in [-0.4, -0.2) is 109 Å². The number of benzene rings is 1. The minimum Gasteiger partial charge on any atom is -0.390 e. The van der Waals surface area contributed by atoms with Gasteiger partial charge in [-0.1, -0.05) is 76.5 Å². The number of alkyl halides is 9. The third-order valence-electron chi connectivity index (χ3n) is 19.5. The van der Waals surface area contributed by atoms with E-state index in [2.05, 4.69) is 0 Å². The number of aliphatic hydroxyl groups is 2. The van der Waals surface area contributed by atoms with Crippen LogP contribution in [0.25, 0.3) is 0 Å². The number of allylic oxidation sites excluding steroid dienone is 8. The Morgan fingerprint density at radius 3 is 1.54 bits per heavy atom. The first-order valence-electron chi connectivity index (χ1n) is 24.7. The number of carbonyl (C=O) groups excluding carboxylic acids is 4. The number of hydrogen-bond donors (Lipinski definition) is 2. The van der Waals surface area contributed by atoms with Crippen molar-refractivity contribution in [2.45, 2.75) is 172 Å². The average molecular weight is 1120 g/mol. The van der Waals surface area contributed by atoms with Crippen molar-refractivity contribution in [3.8, 4) is 0 Å². The third-order valence-corrected chi connectivity index (χ3v) is 20.8. The van der Waals surface area contributed by atoms with Gasteiger partial charge in [0.05, 0.1) is 30.0 Å². The molecule has 0 bridgehead atoms. The highest BCUT2D eigenvalue weighted by atomic mass is 32.2. The number of thioether (sulfide) groups is 2. The van der Waals surface area contributed by atoms with Crippen LogP contribution in [0.4, 0.5) is 39.5 Å². The standard InChI is InChI=1S/C29H28F6O5S.C24H29F3O5S.2CH4/c1-25-8-7-16(36)9-19(25)20(31)10-18-17-11-22-28(24(38)41-13-30,26(17,2)12-21(37)27(18,25)32)40-23(39-22)14-3-5-15(6-4-14)29(33,34)35;1-20(2)31-18-9-13-14-8-16(26)15-7-12(28)5-6-21(15,3)23(14,27)17(29)10-22(13,4)24(18,32-20)19(30)33-11-25;;/h3-9,17-18,20-23,37H,10-13H2,1-2H3;5-7,13-14,16-18,29H,8-11H2,1-4H3;2*1H4/t17-,18-,20-,21-,22+,23?,25-,26-,27-,28-;13-,14-,16-,17-,18+,21-,22-,23-,24-;;/m00../s1. The van der Waals surface area contributed by atoms with E-state index in [1.54, 1.807) is 27.7 Å². The van der Waals surface area contributed by atoms with E-state index >= 15 is 17.6 Å². The molecule has 420 valence electrons. The number of aliphatic hydroxyl groups excluding tert-OH is 2. The van der Waals surface area contributed by atoms with Crippen molar-refractivity contribution in [1.82, 2.24) is 0 Å². The smallest absolute Gasteiger partial charge is 0.390 e. The van der Waals surface area contributed by atoms with E-state index in [9.17, 15) is 51.3 Å². The Balaban J connectivity index is 0.000000201. The molecular formula is C55H65F9O10S2. The molecule has 0 amide bonds. The molecule has 1 aromatic rings. The zero-order chi connectivity index (χ0) is 53.9. The van der Waals surface area contributed by atoms with Gasteiger partial charge in [-0.15, -0.1) is 0 Å². The summed E-state index contributed by atoms with van der Waals surface area (Å²) in [5.41, 5.74) is -14.4. The molecule has 19 atom stereocenters. The Labute approximate surface area is 444 Å². The maximum Gasteiger partial charge on any atom is 0.416 e. The van der Waals surface area contributed by atoms with Crippen LogP contribution in [-0.2, 0) is 44.3 Å². The lowest BCUT2D eigenvalue weighted by Crippen LogP contribution is -2.70. The molecule has 8 aliphatic carbocycles. The first kappa shape index (κ1) is 58.8. The largest absolute Gasteiger partial charge is 0.416 e.